The van der Waals surface area contributed by atoms with E-state index in [0.29, 0.717) is 29.5 Å². The van der Waals surface area contributed by atoms with E-state index in [1.54, 1.807) is 23.7 Å². The first-order valence-electron chi connectivity index (χ1n) is 11.4. The first kappa shape index (κ1) is 26.3. The summed E-state index contributed by atoms with van der Waals surface area (Å²) in [7, 11) is 5.31. The summed E-state index contributed by atoms with van der Waals surface area (Å²) in [6.07, 6.45) is 6.61. The van der Waals surface area contributed by atoms with Gasteiger partial charge in [0.15, 0.2) is 5.69 Å². The molecule has 4 rings (SSSR count). The molecule has 1 amide bonds. The Morgan fingerprint density at radius 2 is 1.94 bits per heavy atom. The van der Waals surface area contributed by atoms with Crippen LogP contribution in [0.5, 0.6) is 5.75 Å². The quantitative estimate of drug-likeness (QED) is 0.319. The van der Waals surface area contributed by atoms with Gasteiger partial charge < -0.3 is 14.0 Å². The van der Waals surface area contributed by atoms with E-state index in [2.05, 4.69) is 27.6 Å². The summed E-state index contributed by atoms with van der Waals surface area (Å²) in [6, 6.07) is 9.75. The molecule has 0 aliphatic carbocycles. The number of benzene rings is 1. The number of aromatic nitrogens is 4. The maximum Gasteiger partial charge on any atom is 0.274 e. The van der Waals surface area contributed by atoms with Gasteiger partial charge in [0.05, 0.1) is 6.61 Å². The molecular formula is C27H34ClN5O2. The number of imidazole rings is 1. The monoisotopic (exact) mass is 495 g/mol. The van der Waals surface area contributed by atoms with Gasteiger partial charge in [0.1, 0.15) is 11.4 Å². The molecular weight excluding hydrogens is 462 g/mol. The van der Waals surface area contributed by atoms with Crippen molar-refractivity contribution in [3.63, 3.8) is 0 Å². The van der Waals surface area contributed by atoms with E-state index in [1.807, 2.05) is 50.5 Å². The normalized spacial score (nSPS) is 10.9. The maximum absolute atomic E-state index is 12.6. The minimum absolute atomic E-state index is 0. The van der Waals surface area contributed by atoms with Crippen LogP contribution in [0.25, 0.3) is 16.8 Å². The molecule has 3 heterocycles. The van der Waals surface area contributed by atoms with E-state index >= 15 is 0 Å². The predicted octanol–water partition coefficient (Wildman–Crippen LogP) is 5.61. The molecule has 0 unspecified atom stereocenters. The minimum Gasteiger partial charge on any atom is -0.493 e. The fourth-order valence-electron chi connectivity index (χ4n) is 4.08. The molecule has 35 heavy (non-hydrogen) atoms. The topological polar surface area (TPSA) is 64.7 Å². The van der Waals surface area contributed by atoms with Crippen molar-refractivity contribution >= 4 is 23.2 Å². The number of ether oxygens (including phenoxy) is 1. The standard InChI is InChI=1S/C26H30ClN5O2.CH4/c1-6-7-20-15-28-24-11-8-18(16-32(20)24)22-10-9-19(27)14-23(22)34-13-12-21-17(2)31(5)29-25(21)26(33)30(3)4;/h8-11,14-16H,6-7,12-13H2,1-5H3;1H4. The number of aryl methyl sites for hydroxylation is 2. The Hall–Kier alpha value is -3.32. The van der Waals surface area contributed by atoms with Crippen LogP contribution < -0.4 is 4.74 Å². The Kier molecular flexibility index (Phi) is 8.22. The van der Waals surface area contributed by atoms with Crippen molar-refractivity contribution in [1.82, 2.24) is 24.1 Å². The smallest absolute Gasteiger partial charge is 0.274 e. The second-order valence-corrected chi connectivity index (χ2v) is 9.06. The molecule has 0 saturated heterocycles. The zero-order valence-corrected chi connectivity index (χ0v) is 21.1. The molecule has 0 aliphatic heterocycles. The highest BCUT2D eigenvalue weighted by Crippen LogP contribution is 2.33. The largest absolute Gasteiger partial charge is 0.493 e. The summed E-state index contributed by atoms with van der Waals surface area (Å²) in [6.45, 7) is 4.52. The van der Waals surface area contributed by atoms with Crippen molar-refractivity contribution in [2.75, 3.05) is 20.7 Å². The number of hydrogen-bond acceptors (Lipinski definition) is 4. The van der Waals surface area contributed by atoms with E-state index in [0.717, 1.165) is 40.9 Å². The van der Waals surface area contributed by atoms with Crippen molar-refractivity contribution in [2.45, 2.75) is 40.5 Å². The number of fused-ring (bicyclic) bond motifs is 1. The average Bonchev–Trinajstić information content (AvgIpc) is 3.34. The van der Waals surface area contributed by atoms with E-state index < -0.39 is 0 Å². The third kappa shape index (κ3) is 5.35. The number of halogens is 1. The molecule has 0 bridgehead atoms. The molecule has 3 aromatic heterocycles. The SMILES string of the molecule is C.CCCc1cnc2ccc(-c3ccc(Cl)cc3OCCc3c(C(=O)N(C)C)nn(C)c3C)cn12. The molecule has 0 radical (unpaired) electrons. The molecule has 7 nitrogen and oxygen atoms in total. The van der Waals surface area contributed by atoms with E-state index in [-0.39, 0.29) is 13.3 Å². The van der Waals surface area contributed by atoms with Crippen LogP contribution in [0.15, 0.2) is 42.7 Å². The summed E-state index contributed by atoms with van der Waals surface area (Å²) < 4.78 is 10.1. The van der Waals surface area contributed by atoms with Crippen LogP contribution in [0.4, 0.5) is 0 Å². The average molecular weight is 496 g/mol. The highest BCUT2D eigenvalue weighted by atomic mass is 35.5. The van der Waals surface area contributed by atoms with Gasteiger partial charge in [-0.15, -0.1) is 0 Å². The van der Waals surface area contributed by atoms with Gasteiger partial charge >= 0.3 is 0 Å². The molecule has 0 fully saturated rings. The number of pyridine rings is 1. The Labute approximate surface area is 212 Å². The summed E-state index contributed by atoms with van der Waals surface area (Å²) in [5.41, 5.74) is 6.40. The zero-order valence-electron chi connectivity index (χ0n) is 20.3. The van der Waals surface area contributed by atoms with Gasteiger partial charge in [-0.25, -0.2) is 4.98 Å². The third-order valence-corrected chi connectivity index (χ3v) is 6.25. The van der Waals surface area contributed by atoms with Gasteiger partial charge in [-0.05, 0) is 43.7 Å². The highest BCUT2D eigenvalue weighted by Gasteiger charge is 2.21. The fraction of sp³-hybridized carbons (Fsp3) is 0.370. The first-order valence-corrected chi connectivity index (χ1v) is 11.8. The van der Waals surface area contributed by atoms with Gasteiger partial charge in [0, 0.05) is 73.1 Å². The number of carbonyl (C=O) groups is 1. The number of nitrogens with zero attached hydrogens (tertiary/aromatic N) is 5. The van der Waals surface area contributed by atoms with Crippen molar-refractivity contribution in [3.8, 4) is 16.9 Å². The van der Waals surface area contributed by atoms with E-state index in [1.165, 1.54) is 5.69 Å². The second-order valence-electron chi connectivity index (χ2n) is 8.62. The fourth-order valence-corrected chi connectivity index (χ4v) is 4.25. The van der Waals surface area contributed by atoms with Crippen molar-refractivity contribution < 1.29 is 9.53 Å². The molecule has 186 valence electrons. The van der Waals surface area contributed by atoms with Crippen LogP contribution in [0.1, 0.15) is 48.2 Å². The minimum atomic E-state index is -0.112. The van der Waals surface area contributed by atoms with Crippen molar-refractivity contribution in [3.05, 3.63) is 70.4 Å². The number of carbonyl (C=O) groups excluding carboxylic acids is 1. The third-order valence-electron chi connectivity index (χ3n) is 6.02. The lowest BCUT2D eigenvalue weighted by molar-refractivity contribution is 0.0820. The van der Waals surface area contributed by atoms with Gasteiger partial charge in [-0.1, -0.05) is 32.4 Å². The van der Waals surface area contributed by atoms with Crippen molar-refractivity contribution in [2.24, 2.45) is 7.05 Å². The van der Waals surface area contributed by atoms with Crippen LogP contribution in [0, 0.1) is 6.92 Å². The summed E-state index contributed by atoms with van der Waals surface area (Å²) in [4.78, 5) is 18.6. The van der Waals surface area contributed by atoms with Crippen molar-refractivity contribution in [1.29, 1.82) is 0 Å². The van der Waals surface area contributed by atoms with E-state index in [4.69, 9.17) is 16.3 Å². The van der Waals surface area contributed by atoms with Crippen LogP contribution in [0.3, 0.4) is 0 Å². The molecule has 0 atom stereocenters. The van der Waals surface area contributed by atoms with Gasteiger partial charge in [0.25, 0.3) is 5.91 Å². The molecule has 8 heteroatoms. The first-order chi connectivity index (χ1) is 16.3. The number of amides is 1. The lowest BCUT2D eigenvalue weighted by Crippen LogP contribution is -2.23. The Morgan fingerprint density at radius 3 is 2.66 bits per heavy atom. The Morgan fingerprint density at radius 1 is 1.17 bits per heavy atom. The molecule has 0 saturated carbocycles. The molecule has 1 aromatic carbocycles. The Bertz CT molecular complexity index is 1340. The number of rotatable bonds is 8. The highest BCUT2D eigenvalue weighted by molar-refractivity contribution is 6.30. The predicted molar refractivity (Wildman–Crippen MR) is 142 cm³/mol. The van der Waals surface area contributed by atoms with Crippen LogP contribution in [-0.2, 0) is 19.9 Å². The molecule has 0 spiro atoms. The molecule has 0 aliphatic rings. The number of hydrogen-bond donors (Lipinski definition) is 0. The van der Waals surface area contributed by atoms with E-state index in [9.17, 15) is 4.79 Å². The summed E-state index contributed by atoms with van der Waals surface area (Å²) in [5, 5.41) is 5.03. The molecule has 0 N–H and O–H groups in total. The van der Waals surface area contributed by atoms with Crippen LogP contribution >= 0.6 is 11.6 Å². The zero-order chi connectivity index (χ0) is 24.4. The lowest BCUT2D eigenvalue weighted by Gasteiger charge is -2.14. The van der Waals surface area contributed by atoms with Gasteiger partial charge in [-0.2, -0.15) is 5.10 Å². The second kappa shape index (κ2) is 11.0. The summed E-state index contributed by atoms with van der Waals surface area (Å²) >= 11 is 6.32. The van der Waals surface area contributed by atoms with Crippen LogP contribution in [0.2, 0.25) is 5.02 Å². The Balaban J connectivity index is 0.00000342. The van der Waals surface area contributed by atoms with Gasteiger partial charge in [-0.3, -0.25) is 9.48 Å². The molecule has 4 aromatic rings. The van der Waals surface area contributed by atoms with Crippen LogP contribution in [-0.4, -0.2) is 50.7 Å². The maximum atomic E-state index is 12.6. The van der Waals surface area contributed by atoms with Gasteiger partial charge in [0.2, 0.25) is 0 Å². The summed E-state index contributed by atoms with van der Waals surface area (Å²) in [5.74, 6) is 0.588. The lowest BCUT2D eigenvalue weighted by atomic mass is 10.1.